The number of H-pyrrole nitrogens is 2. The second-order valence-corrected chi connectivity index (χ2v) is 11.8. The van der Waals surface area contributed by atoms with Crippen LogP contribution in [0.4, 0.5) is 11.6 Å². The number of aromatic amines is 2. The quantitative estimate of drug-likeness (QED) is 0.195. The van der Waals surface area contributed by atoms with Crippen molar-refractivity contribution in [3.8, 4) is 11.1 Å². The number of hydrogen-bond donors (Lipinski definition) is 5. The molecule has 2 aliphatic rings. The molecular weight excluding hydrogens is 594 g/mol. The fourth-order valence-electron chi connectivity index (χ4n) is 6.24. The molecule has 0 spiro atoms. The van der Waals surface area contributed by atoms with E-state index in [1.165, 1.54) is 4.90 Å². The molecule has 1 saturated heterocycles. The van der Waals surface area contributed by atoms with Crippen LogP contribution >= 0.6 is 12.4 Å². The first-order chi connectivity index (χ1) is 21.4. The van der Waals surface area contributed by atoms with Crippen LogP contribution in [0.2, 0.25) is 0 Å². The number of imide groups is 1. The first-order valence-corrected chi connectivity index (χ1v) is 15.3. The molecule has 13 heteroatoms. The number of fused-ring (bicyclic) bond motifs is 1. The topological polar surface area (TPSA) is 179 Å². The minimum absolute atomic E-state index is 0. The molecule has 4 aromatic rings. The van der Waals surface area contributed by atoms with Crippen molar-refractivity contribution in [1.29, 1.82) is 0 Å². The third-order valence-electron chi connectivity index (χ3n) is 8.86. The summed E-state index contributed by atoms with van der Waals surface area (Å²) in [6.07, 6.45) is 6.89. The SMILES string of the molecule is Cl.NCC1CCC(C(=O)N(C(=O)[C@@H](N)Cc2cccc(-c3cnc(N4CCNCC4)nc3)c2)c2ccc3c(=O)[nH][nH]c3c2)CC1. The Hall–Kier alpha value is -4.10. The summed E-state index contributed by atoms with van der Waals surface area (Å²) >= 11 is 0. The van der Waals surface area contributed by atoms with Crippen molar-refractivity contribution < 1.29 is 9.59 Å². The van der Waals surface area contributed by atoms with Gasteiger partial charge in [0.15, 0.2) is 0 Å². The van der Waals surface area contributed by atoms with E-state index in [1.54, 1.807) is 18.2 Å². The van der Waals surface area contributed by atoms with Gasteiger partial charge in [-0.05, 0) is 73.9 Å². The molecule has 0 unspecified atom stereocenters. The molecule has 12 nitrogen and oxygen atoms in total. The molecule has 1 atom stereocenters. The Morgan fingerprint density at radius 2 is 1.71 bits per heavy atom. The molecule has 7 N–H and O–H groups in total. The van der Waals surface area contributed by atoms with E-state index < -0.39 is 11.9 Å². The van der Waals surface area contributed by atoms with E-state index in [2.05, 4.69) is 30.4 Å². The van der Waals surface area contributed by atoms with E-state index in [0.717, 1.165) is 55.7 Å². The first-order valence-electron chi connectivity index (χ1n) is 15.3. The van der Waals surface area contributed by atoms with Crippen LogP contribution in [-0.2, 0) is 16.0 Å². The molecule has 2 fully saturated rings. The number of carbonyl (C=O) groups is 2. The van der Waals surface area contributed by atoms with Gasteiger partial charge in [-0.1, -0.05) is 24.3 Å². The van der Waals surface area contributed by atoms with Crippen molar-refractivity contribution >= 4 is 46.8 Å². The van der Waals surface area contributed by atoms with Crippen LogP contribution in [0.5, 0.6) is 0 Å². The predicted octanol–water partition coefficient (Wildman–Crippen LogP) is 2.34. The Kier molecular flexibility index (Phi) is 10.3. The average Bonchev–Trinajstić information content (AvgIpc) is 3.45. The highest BCUT2D eigenvalue weighted by atomic mass is 35.5. The number of aromatic nitrogens is 4. The molecule has 6 rings (SSSR count). The predicted molar refractivity (Wildman–Crippen MR) is 177 cm³/mol. The summed E-state index contributed by atoms with van der Waals surface area (Å²) in [6, 6.07) is 11.7. The van der Waals surface area contributed by atoms with Gasteiger partial charge in [-0.25, -0.2) is 14.9 Å². The van der Waals surface area contributed by atoms with Crippen molar-refractivity contribution in [3.63, 3.8) is 0 Å². The van der Waals surface area contributed by atoms with Gasteiger partial charge >= 0.3 is 0 Å². The number of piperazine rings is 1. The highest BCUT2D eigenvalue weighted by Gasteiger charge is 2.35. The number of amides is 2. The largest absolute Gasteiger partial charge is 0.338 e. The van der Waals surface area contributed by atoms with Crippen molar-refractivity contribution in [3.05, 3.63) is 70.8 Å². The molecule has 2 aromatic heterocycles. The Bertz CT molecular complexity index is 1680. The van der Waals surface area contributed by atoms with E-state index in [0.29, 0.717) is 47.8 Å². The Balaban J connectivity index is 0.00000400. The second-order valence-electron chi connectivity index (χ2n) is 11.8. The van der Waals surface area contributed by atoms with Gasteiger partial charge in [0.1, 0.15) is 0 Å². The summed E-state index contributed by atoms with van der Waals surface area (Å²) < 4.78 is 0. The van der Waals surface area contributed by atoms with E-state index in [9.17, 15) is 14.4 Å². The van der Waals surface area contributed by atoms with Gasteiger partial charge in [0.2, 0.25) is 11.9 Å². The summed E-state index contributed by atoms with van der Waals surface area (Å²) in [5, 5.41) is 9.15. The van der Waals surface area contributed by atoms with Crippen molar-refractivity contribution in [2.24, 2.45) is 23.3 Å². The molecule has 0 radical (unpaired) electrons. The van der Waals surface area contributed by atoms with Gasteiger partial charge in [-0.15, -0.1) is 12.4 Å². The average molecular weight is 634 g/mol. The molecule has 2 aromatic carbocycles. The number of halogens is 1. The Morgan fingerprint density at radius 3 is 2.42 bits per heavy atom. The van der Waals surface area contributed by atoms with Gasteiger partial charge in [0, 0.05) is 50.1 Å². The highest BCUT2D eigenvalue weighted by Crippen LogP contribution is 2.32. The maximum Gasteiger partial charge on any atom is 0.271 e. The van der Waals surface area contributed by atoms with Crippen LogP contribution in [0, 0.1) is 11.8 Å². The lowest BCUT2D eigenvalue weighted by Gasteiger charge is -2.32. The zero-order valence-electron chi connectivity index (χ0n) is 25.1. The van der Waals surface area contributed by atoms with E-state index in [1.807, 2.05) is 36.7 Å². The number of nitrogens with two attached hydrogens (primary N) is 2. The minimum atomic E-state index is -0.970. The second kappa shape index (κ2) is 14.3. The minimum Gasteiger partial charge on any atom is -0.338 e. The van der Waals surface area contributed by atoms with Crippen molar-refractivity contribution in [2.75, 3.05) is 42.5 Å². The Labute approximate surface area is 267 Å². The van der Waals surface area contributed by atoms with Crippen molar-refractivity contribution in [2.45, 2.75) is 38.1 Å². The molecule has 1 aliphatic heterocycles. The van der Waals surface area contributed by atoms with Gasteiger partial charge in [-0.3, -0.25) is 24.6 Å². The molecule has 45 heavy (non-hydrogen) atoms. The summed E-state index contributed by atoms with van der Waals surface area (Å²) in [6.45, 7) is 4.14. The van der Waals surface area contributed by atoms with Crippen LogP contribution in [0.3, 0.4) is 0 Å². The summed E-state index contributed by atoms with van der Waals surface area (Å²) in [4.78, 5) is 52.6. The molecule has 238 valence electrons. The molecule has 1 aliphatic carbocycles. The molecule has 0 bridgehead atoms. The maximum absolute atomic E-state index is 14.0. The standard InChI is InChI=1S/C32H39N9O3.ClH/c33-17-20-4-6-22(7-5-20)30(43)41(25-8-9-26-28(16-25)38-39-29(26)42)31(44)27(34)15-21-2-1-3-23(14-21)24-18-36-32(37-19-24)40-12-10-35-11-13-40;/h1-3,8-9,14,16,18-20,22,27,35H,4-7,10-13,15,17,33-34H2,(H2,38,39,42);1H/t20?,22?,27-;/m0./s1. The van der Waals surface area contributed by atoms with Gasteiger partial charge < -0.3 is 21.7 Å². The number of anilines is 2. The van der Waals surface area contributed by atoms with E-state index in [4.69, 9.17) is 11.5 Å². The number of carbonyl (C=O) groups excluding carboxylic acids is 2. The van der Waals surface area contributed by atoms with Crippen LogP contribution in [0.25, 0.3) is 22.0 Å². The summed E-state index contributed by atoms with van der Waals surface area (Å²) in [7, 11) is 0. The number of rotatable bonds is 8. The monoisotopic (exact) mass is 633 g/mol. The van der Waals surface area contributed by atoms with Gasteiger partial charge in [0.05, 0.1) is 22.6 Å². The van der Waals surface area contributed by atoms with E-state index >= 15 is 0 Å². The lowest BCUT2D eigenvalue weighted by Crippen LogP contribution is -2.50. The summed E-state index contributed by atoms with van der Waals surface area (Å²) in [5.41, 5.74) is 15.7. The Morgan fingerprint density at radius 1 is 0.978 bits per heavy atom. The lowest BCUT2D eigenvalue weighted by atomic mass is 9.81. The van der Waals surface area contributed by atoms with E-state index in [-0.39, 0.29) is 36.2 Å². The maximum atomic E-state index is 14.0. The molecular formula is C32H40ClN9O3. The van der Waals surface area contributed by atoms with Crippen LogP contribution in [0.15, 0.2) is 59.7 Å². The van der Waals surface area contributed by atoms with Crippen LogP contribution in [0.1, 0.15) is 31.2 Å². The van der Waals surface area contributed by atoms with Crippen LogP contribution in [-0.4, -0.2) is 70.7 Å². The summed E-state index contributed by atoms with van der Waals surface area (Å²) in [5.74, 6) is 0.0447. The number of hydrogen-bond acceptors (Lipinski definition) is 9. The zero-order chi connectivity index (χ0) is 30.6. The first kappa shape index (κ1) is 32.3. The molecule has 3 heterocycles. The van der Waals surface area contributed by atoms with Gasteiger partial charge in [0.25, 0.3) is 11.5 Å². The lowest BCUT2D eigenvalue weighted by molar-refractivity contribution is -0.130. The van der Waals surface area contributed by atoms with Gasteiger partial charge in [-0.2, -0.15) is 0 Å². The molecule has 2 amide bonds. The normalized spacial score (nSPS) is 19.1. The smallest absolute Gasteiger partial charge is 0.271 e. The fourth-order valence-corrected chi connectivity index (χ4v) is 6.24. The third kappa shape index (κ3) is 7.09. The third-order valence-corrected chi connectivity index (χ3v) is 8.86. The number of nitrogens with one attached hydrogen (secondary N) is 3. The zero-order valence-corrected chi connectivity index (χ0v) is 25.9. The van der Waals surface area contributed by atoms with Crippen LogP contribution < -0.4 is 32.1 Å². The van der Waals surface area contributed by atoms with Crippen molar-refractivity contribution in [1.82, 2.24) is 25.5 Å². The highest BCUT2D eigenvalue weighted by molar-refractivity contribution is 6.17. The molecule has 1 saturated carbocycles. The number of benzene rings is 2. The number of nitrogens with zero attached hydrogens (tertiary/aromatic N) is 4. The fraction of sp³-hybridized carbons (Fsp3) is 0.406.